The van der Waals surface area contributed by atoms with E-state index in [-0.39, 0.29) is 27.7 Å². The van der Waals surface area contributed by atoms with Crippen molar-refractivity contribution in [3.63, 3.8) is 0 Å². The maximum Gasteiger partial charge on any atom is 0.446 e. The standard InChI is InChI=1S/C24H35N5O5S2.C19H27N5O3S2.C2HF3O.C2H6/c1-16(30)26-17-8-9-18(20(14-17)36(32,33)27-23(2,3)4)19-15-25-21(35-19)28-10-12-29(13-11-28)22(31)34-24(5,6)7;1-13(25)22-14-5-6-15(17(11-14)29(26,27)23-19(2,3)4)16-12-21-18(28-16)24-9-7-20-8-10-24;3-2(4,5)1-6;1-2/h8-9,14-15,27H,10-13H2,1-7H3,(H,26,30);5-6,11-12,20,23H,7-10H2,1-4H3,(H,22,25);1H;1-2H3/i;;;1D. The maximum absolute atomic E-state index is 13.3. The van der Waals surface area contributed by atoms with Crippen LogP contribution in [0, 0.1) is 0 Å². The second kappa shape index (κ2) is 25.8. The fraction of sp³-hybridized carbons (Fsp3) is 0.532. The number of halogens is 3. The maximum atomic E-state index is 13.3. The summed E-state index contributed by atoms with van der Waals surface area (Å²) in [7, 11) is -7.71. The van der Waals surface area contributed by atoms with Gasteiger partial charge >= 0.3 is 12.3 Å². The molecule has 406 valence electrons. The number of thiazole rings is 2. The van der Waals surface area contributed by atoms with Crippen LogP contribution in [0.5, 0.6) is 0 Å². The van der Waals surface area contributed by atoms with Crippen molar-refractivity contribution in [2.24, 2.45) is 0 Å². The van der Waals surface area contributed by atoms with Gasteiger partial charge in [0.1, 0.15) is 5.60 Å². The first-order valence-electron chi connectivity index (χ1n) is 23.6. The van der Waals surface area contributed by atoms with Gasteiger partial charge in [-0.25, -0.2) is 41.0 Å². The summed E-state index contributed by atoms with van der Waals surface area (Å²) in [5.41, 5.74) is 0.0121. The lowest BCUT2D eigenvalue weighted by Gasteiger charge is -2.35. The van der Waals surface area contributed by atoms with Crippen molar-refractivity contribution in [3.8, 4) is 20.9 Å². The highest BCUT2D eigenvalue weighted by atomic mass is 32.2. The molecule has 73 heavy (non-hydrogen) atoms. The number of sulfonamides is 2. The van der Waals surface area contributed by atoms with E-state index in [1.54, 1.807) is 90.0 Å². The van der Waals surface area contributed by atoms with Gasteiger partial charge in [-0.2, -0.15) is 13.2 Å². The minimum absolute atomic E-state index is 0.0635. The van der Waals surface area contributed by atoms with Crippen LogP contribution in [-0.4, -0.2) is 131 Å². The van der Waals surface area contributed by atoms with Gasteiger partial charge in [0.2, 0.25) is 38.1 Å². The van der Waals surface area contributed by atoms with Crippen LogP contribution in [0.15, 0.2) is 58.6 Å². The molecule has 0 atom stereocenters. The summed E-state index contributed by atoms with van der Waals surface area (Å²) in [4.78, 5) is 60.7. The molecular weight excluding hydrogens is 1030 g/mol. The Morgan fingerprint density at radius 3 is 1.40 bits per heavy atom. The Labute approximate surface area is 436 Å². The van der Waals surface area contributed by atoms with E-state index in [9.17, 15) is 44.4 Å². The number of anilines is 4. The third-order valence-corrected chi connectivity index (χ3v) is 15.1. The van der Waals surface area contributed by atoms with Crippen molar-refractivity contribution in [3.05, 3.63) is 48.8 Å². The number of piperazine rings is 2. The number of carbonyl (C=O) groups is 4. The minimum Gasteiger partial charge on any atom is -0.444 e. The molecule has 2 aromatic heterocycles. The second-order valence-electron chi connectivity index (χ2n) is 19.4. The van der Waals surface area contributed by atoms with Gasteiger partial charge in [-0.15, -0.1) is 0 Å². The predicted octanol–water partition coefficient (Wildman–Crippen LogP) is 7.93. The van der Waals surface area contributed by atoms with Crippen molar-refractivity contribution in [1.82, 2.24) is 29.6 Å². The van der Waals surface area contributed by atoms with E-state index in [1.165, 1.54) is 48.7 Å². The molecule has 0 bridgehead atoms. The van der Waals surface area contributed by atoms with Crippen LogP contribution < -0.4 is 35.2 Å². The molecule has 0 aliphatic carbocycles. The van der Waals surface area contributed by atoms with Gasteiger partial charge in [-0.1, -0.05) is 48.6 Å². The molecule has 0 unspecified atom stereocenters. The second-order valence-corrected chi connectivity index (χ2v) is 24.7. The topological polar surface area (TPSA) is 241 Å². The van der Waals surface area contributed by atoms with Gasteiger partial charge in [0.05, 0.1) is 19.5 Å². The molecule has 26 heteroatoms. The molecule has 3 amide bonds. The number of aldehydes is 1. The highest BCUT2D eigenvalue weighted by Gasteiger charge is 2.31. The number of nitrogens with zero attached hydrogens (tertiary/aromatic N) is 5. The first-order chi connectivity index (χ1) is 34.1. The van der Waals surface area contributed by atoms with Crippen LogP contribution in [-0.2, 0) is 39.2 Å². The monoisotopic (exact) mass is 1100 g/mol. The van der Waals surface area contributed by atoms with E-state index >= 15 is 0 Å². The molecule has 5 N–H and O–H groups in total. The summed E-state index contributed by atoms with van der Waals surface area (Å²) in [5.74, 6) is -0.552. The quantitative estimate of drug-likeness (QED) is 0.0948. The van der Waals surface area contributed by atoms with E-state index in [0.717, 1.165) is 41.3 Å². The van der Waals surface area contributed by atoms with Crippen molar-refractivity contribution >= 4 is 88.6 Å². The molecule has 4 aromatic rings. The van der Waals surface area contributed by atoms with E-state index in [4.69, 9.17) is 10.9 Å². The molecule has 0 radical (unpaired) electrons. The number of amides is 3. The molecule has 6 rings (SSSR count). The van der Waals surface area contributed by atoms with Crippen LogP contribution in [0.3, 0.4) is 0 Å². The SMILES string of the molecule is CC(=O)Nc1ccc(-c2cnc(N3CCN(C(=O)OC(C)(C)C)CC3)s2)c(S(=O)(=O)NC(C)(C)C)c1.CC(=O)Nc1ccc(-c2cnc(N3CCNCC3)s2)c(S(=O)(=O)NC(C)(C)C)c1.O=CC(F)(F)F.[2H]CC. The van der Waals surface area contributed by atoms with E-state index < -0.39 is 49.2 Å². The Kier molecular flexibility index (Phi) is 21.3. The molecule has 2 aromatic carbocycles. The third-order valence-electron chi connectivity index (χ3n) is 9.31. The van der Waals surface area contributed by atoms with E-state index in [1.807, 2.05) is 20.8 Å². The Morgan fingerprint density at radius 2 is 1.07 bits per heavy atom. The minimum atomic E-state index is -4.64. The van der Waals surface area contributed by atoms with Gasteiger partial charge in [0, 0.05) is 114 Å². The number of carbonyl (C=O) groups excluding carboxylic acids is 4. The fourth-order valence-corrected chi connectivity index (χ4v) is 12.2. The van der Waals surface area contributed by atoms with Crippen LogP contribution >= 0.6 is 22.7 Å². The number of ether oxygens (including phenoxy) is 1. The molecular formula is C47H69F3N10O9S4. The molecule has 19 nitrogen and oxygen atoms in total. The number of nitrogens with one attached hydrogen (secondary N) is 5. The van der Waals surface area contributed by atoms with Gasteiger partial charge in [-0.05, 0) is 86.6 Å². The lowest BCUT2D eigenvalue weighted by atomic mass is 10.1. The molecule has 0 spiro atoms. The number of hydrogen-bond acceptors (Lipinski definition) is 16. The van der Waals surface area contributed by atoms with Crippen LogP contribution in [0.2, 0.25) is 0 Å². The summed E-state index contributed by atoms with van der Waals surface area (Å²) in [6.45, 7) is 26.9. The lowest BCUT2D eigenvalue weighted by molar-refractivity contribution is -0.156. The Hall–Kier alpha value is -5.25. The largest absolute Gasteiger partial charge is 0.446 e. The zero-order chi connectivity index (χ0) is 56.0. The smallest absolute Gasteiger partial charge is 0.444 e. The third kappa shape index (κ3) is 20.5. The molecule has 0 saturated carbocycles. The van der Waals surface area contributed by atoms with Gasteiger partial charge in [-0.3, -0.25) is 14.4 Å². The zero-order valence-corrected chi connectivity index (χ0v) is 46.5. The van der Waals surface area contributed by atoms with E-state index in [0.29, 0.717) is 60.5 Å². The van der Waals surface area contributed by atoms with Crippen molar-refractivity contribution in [2.45, 2.75) is 123 Å². The van der Waals surface area contributed by atoms with Crippen LogP contribution in [0.1, 0.15) is 91.4 Å². The summed E-state index contributed by atoms with van der Waals surface area (Å²) >= 11 is 2.85. The number of aromatic nitrogens is 2. The summed E-state index contributed by atoms with van der Waals surface area (Å²) < 4.78 is 101. The highest BCUT2D eigenvalue weighted by Crippen LogP contribution is 2.39. The van der Waals surface area contributed by atoms with Gasteiger partial charge < -0.3 is 35.4 Å². The summed E-state index contributed by atoms with van der Waals surface area (Å²) in [6.07, 6.45) is -2.66. The molecule has 4 heterocycles. The highest BCUT2D eigenvalue weighted by molar-refractivity contribution is 7.90. The van der Waals surface area contributed by atoms with Gasteiger partial charge in [0.15, 0.2) is 10.3 Å². The average Bonchev–Trinajstić information content (AvgIpc) is 3.97. The first kappa shape index (κ1) is 60.3. The molecule has 2 fully saturated rings. The van der Waals surface area contributed by atoms with Crippen molar-refractivity contribution in [2.75, 3.05) is 72.8 Å². The summed E-state index contributed by atoms with van der Waals surface area (Å²) in [5, 5.41) is 10.2. The molecule has 2 aliphatic rings. The number of rotatable bonds is 10. The Morgan fingerprint density at radius 1 is 0.699 bits per heavy atom. The van der Waals surface area contributed by atoms with Crippen LogP contribution in [0.4, 0.5) is 39.6 Å². The lowest BCUT2D eigenvalue weighted by Crippen LogP contribution is -2.50. The van der Waals surface area contributed by atoms with Crippen molar-refractivity contribution in [1.29, 1.82) is 0 Å². The Bertz CT molecular complexity index is 2760. The fourth-order valence-electron chi connectivity index (χ4n) is 6.71. The Balaban J connectivity index is 0.000000340. The van der Waals surface area contributed by atoms with Crippen LogP contribution in [0.25, 0.3) is 20.9 Å². The average molecular weight is 1100 g/mol. The number of hydrogen-bond donors (Lipinski definition) is 5. The molecule has 2 saturated heterocycles. The molecule has 2 aliphatic heterocycles. The summed E-state index contributed by atoms with van der Waals surface area (Å²) in [6, 6.07) is 9.74. The first-order valence-corrected chi connectivity index (χ1v) is 27.5. The number of alkyl halides is 3. The van der Waals surface area contributed by atoms with Gasteiger partial charge in [0.25, 0.3) is 0 Å². The number of benzene rings is 2. The predicted molar refractivity (Wildman–Crippen MR) is 282 cm³/mol. The normalized spacial score (nSPS) is 14.7. The van der Waals surface area contributed by atoms with E-state index in [2.05, 4.69) is 45.2 Å². The zero-order valence-electron chi connectivity index (χ0n) is 44.2. The van der Waals surface area contributed by atoms with Crippen molar-refractivity contribution < 1.29 is 55.3 Å².